The molecule has 0 atom stereocenters. The fraction of sp³-hybridized carbons (Fsp3) is 0.238. The van der Waals surface area contributed by atoms with E-state index in [2.05, 4.69) is 12.2 Å². The molecule has 0 saturated heterocycles. The van der Waals surface area contributed by atoms with Crippen molar-refractivity contribution < 1.29 is 8.78 Å². The number of hydrogen-bond acceptors (Lipinski definition) is 0. The van der Waals surface area contributed by atoms with Crippen LogP contribution in [0.3, 0.4) is 0 Å². The second-order valence-electron chi connectivity index (χ2n) is 6.73. The molecule has 0 aromatic heterocycles. The fourth-order valence-electron chi connectivity index (χ4n) is 4.03. The molecule has 2 aromatic carbocycles. The van der Waals surface area contributed by atoms with Gasteiger partial charge in [0.05, 0.1) is 0 Å². The molecule has 0 amide bonds. The van der Waals surface area contributed by atoms with Gasteiger partial charge in [0.15, 0.2) is 0 Å². The Kier molecular flexibility index (Phi) is 4.44. The van der Waals surface area contributed by atoms with E-state index in [0.29, 0.717) is 0 Å². The molecule has 0 aliphatic heterocycles. The first-order valence-corrected chi connectivity index (χ1v) is 8.26. The van der Waals surface area contributed by atoms with Gasteiger partial charge in [-0.3, -0.25) is 0 Å². The van der Waals surface area contributed by atoms with E-state index < -0.39 is 0 Å². The van der Waals surface area contributed by atoms with Crippen molar-refractivity contribution >= 4 is 17.6 Å². The summed E-state index contributed by atoms with van der Waals surface area (Å²) in [5.74, 6) is -0.231. The summed E-state index contributed by atoms with van der Waals surface area (Å²) in [6.07, 6.45) is 8.41. The molecule has 0 saturated carbocycles. The molecule has 0 heterocycles. The van der Waals surface area contributed by atoms with E-state index >= 15 is 0 Å². The van der Waals surface area contributed by atoms with Gasteiger partial charge in [-0.25, -0.2) is 8.78 Å². The van der Waals surface area contributed by atoms with Gasteiger partial charge in [-0.15, -0.1) is 0 Å². The summed E-state index contributed by atoms with van der Waals surface area (Å²) in [6.45, 7) is 7.87. The van der Waals surface area contributed by atoms with Gasteiger partial charge in [-0.05, 0) is 57.8 Å². The van der Waals surface area contributed by atoms with Crippen LogP contribution in [0.15, 0.2) is 48.6 Å². The molecular formula is C21H21BF2. The minimum Gasteiger partial charge on any atom is -0.207 e. The van der Waals surface area contributed by atoms with Gasteiger partial charge < -0.3 is 0 Å². The average molecular weight is 322 g/mol. The Morgan fingerprint density at radius 2 is 1.00 bits per heavy atom. The molecule has 3 heteroatoms. The number of hydrogen-bond donors (Lipinski definition) is 0. The van der Waals surface area contributed by atoms with E-state index in [1.807, 2.05) is 39.8 Å². The molecule has 3 rings (SSSR count). The van der Waals surface area contributed by atoms with Crippen molar-refractivity contribution in [3.05, 3.63) is 82.5 Å². The Labute approximate surface area is 143 Å². The summed E-state index contributed by atoms with van der Waals surface area (Å²) < 4.78 is 27.6. The Morgan fingerprint density at radius 1 is 0.667 bits per heavy atom. The maximum absolute atomic E-state index is 13.8. The number of aryl methyl sites for hydroxylation is 4. The molecule has 0 nitrogen and oxygen atoms in total. The fourth-order valence-corrected chi connectivity index (χ4v) is 4.03. The van der Waals surface area contributed by atoms with Crippen LogP contribution in [-0.2, 0) is 0 Å². The van der Waals surface area contributed by atoms with E-state index in [9.17, 15) is 8.78 Å². The van der Waals surface area contributed by atoms with Crippen LogP contribution in [0, 0.1) is 39.3 Å². The van der Waals surface area contributed by atoms with E-state index in [1.54, 1.807) is 24.3 Å². The van der Waals surface area contributed by atoms with Crippen molar-refractivity contribution in [1.82, 2.24) is 0 Å². The van der Waals surface area contributed by atoms with Gasteiger partial charge in [-0.1, -0.05) is 57.5 Å². The number of allylic oxidation sites excluding steroid dienone is 4. The summed E-state index contributed by atoms with van der Waals surface area (Å²) in [6, 6.07) is 6.36. The van der Waals surface area contributed by atoms with Crippen LogP contribution in [-0.4, -0.2) is 6.71 Å². The van der Waals surface area contributed by atoms with Gasteiger partial charge in [0.2, 0.25) is 6.71 Å². The first-order valence-electron chi connectivity index (χ1n) is 8.26. The Morgan fingerprint density at radius 3 is 1.33 bits per heavy atom. The van der Waals surface area contributed by atoms with Crippen molar-refractivity contribution in [2.75, 3.05) is 0 Å². The highest BCUT2D eigenvalue weighted by atomic mass is 19.1. The van der Waals surface area contributed by atoms with Crippen molar-refractivity contribution in [2.45, 2.75) is 33.5 Å². The highest BCUT2D eigenvalue weighted by Crippen LogP contribution is 2.24. The average Bonchev–Trinajstić information content (AvgIpc) is 2.97. The van der Waals surface area contributed by atoms with Crippen LogP contribution in [0.4, 0.5) is 8.78 Å². The molecule has 0 spiro atoms. The number of rotatable bonds is 3. The molecule has 2 aromatic rings. The third-order valence-electron chi connectivity index (χ3n) is 4.90. The molecule has 0 unspecified atom stereocenters. The Hall–Kier alpha value is -2.16. The van der Waals surface area contributed by atoms with Gasteiger partial charge >= 0.3 is 0 Å². The first kappa shape index (κ1) is 16.7. The van der Waals surface area contributed by atoms with Gasteiger partial charge in [0, 0.05) is 0 Å². The third kappa shape index (κ3) is 2.95. The molecular weight excluding hydrogens is 301 g/mol. The summed E-state index contributed by atoms with van der Waals surface area (Å²) in [5.41, 5.74) is 6.03. The Balaban J connectivity index is 2.27. The predicted molar refractivity (Wildman–Crippen MR) is 98.8 cm³/mol. The maximum Gasteiger partial charge on any atom is 0.221 e. The molecule has 0 N–H and O–H groups in total. The first-order chi connectivity index (χ1) is 11.4. The zero-order valence-corrected chi connectivity index (χ0v) is 14.5. The summed E-state index contributed by atoms with van der Waals surface area (Å²) in [4.78, 5) is 0. The number of halogens is 2. The predicted octanol–water partition coefficient (Wildman–Crippen LogP) is 4.30. The zero-order valence-electron chi connectivity index (χ0n) is 14.5. The second-order valence-corrected chi connectivity index (χ2v) is 6.73. The lowest BCUT2D eigenvalue weighted by Gasteiger charge is -2.26. The van der Waals surface area contributed by atoms with E-state index in [-0.39, 0.29) is 24.2 Å². The van der Waals surface area contributed by atoms with Crippen LogP contribution in [0.2, 0.25) is 5.82 Å². The van der Waals surface area contributed by atoms with Gasteiger partial charge in [0.25, 0.3) is 0 Å². The van der Waals surface area contributed by atoms with Crippen LogP contribution in [0.25, 0.3) is 0 Å². The van der Waals surface area contributed by atoms with E-state index in [1.165, 1.54) is 0 Å². The second kappa shape index (κ2) is 6.39. The lowest BCUT2D eigenvalue weighted by Crippen LogP contribution is -2.49. The lowest BCUT2D eigenvalue weighted by molar-refractivity contribution is 0.625. The topological polar surface area (TPSA) is 0 Å². The third-order valence-corrected chi connectivity index (χ3v) is 4.90. The van der Waals surface area contributed by atoms with Gasteiger partial charge in [-0.2, -0.15) is 0 Å². The minimum absolute atomic E-state index is 0.0567. The molecule has 0 bridgehead atoms. The molecule has 1 aliphatic rings. The van der Waals surface area contributed by atoms with Crippen molar-refractivity contribution in [3.63, 3.8) is 0 Å². The van der Waals surface area contributed by atoms with Crippen molar-refractivity contribution in [1.29, 1.82) is 0 Å². The summed E-state index contributed by atoms with van der Waals surface area (Å²) in [7, 11) is 0. The quantitative estimate of drug-likeness (QED) is 0.739. The zero-order chi connectivity index (χ0) is 17.4. The lowest BCUT2D eigenvalue weighted by atomic mass is 9.31. The largest absolute Gasteiger partial charge is 0.221 e. The normalized spacial score (nSPS) is 13.8. The standard InChI is InChI=1S/C21H21BF2/c1-13-9-18(23)10-14(2)20(13)22(17-7-5-6-8-17)21-15(3)11-19(24)12-16(21)4/h5-12,17H,1-4H3. The van der Waals surface area contributed by atoms with Crippen molar-refractivity contribution in [2.24, 2.45) is 0 Å². The molecule has 122 valence electrons. The van der Waals surface area contributed by atoms with Crippen LogP contribution in [0.5, 0.6) is 0 Å². The van der Waals surface area contributed by atoms with Crippen molar-refractivity contribution in [3.8, 4) is 0 Å². The molecule has 1 aliphatic carbocycles. The van der Waals surface area contributed by atoms with E-state index in [0.717, 1.165) is 33.2 Å². The van der Waals surface area contributed by atoms with Gasteiger partial charge in [0.1, 0.15) is 11.6 Å². The number of benzene rings is 2. The Bertz CT molecular complexity index is 733. The molecule has 24 heavy (non-hydrogen) atoms. The minimum atomic E-state index is -0.211. The SMILES string of the molecule is Cc1cc(F)cc(C)c1B(c1c(C)cc(F)cc1C)C1C=CC=C1. The highest BCUT2D eigenvalue weighted by Gasteiger charge is 2.32. The monoisotopic (exact) mass is 322 g/mol. The van der Waals surface area contributed by atoms with E-state index in [4.69, 9.17) is 0 Å². The summed E-state index contributed by atoms with van der Waals surface area (Å²) >= 11 is 0. The summed E-state index contributed by atoms with van der Waals surface area (Å²) in [5, 5.41) is 0. The smallest absolute Gasteiger partial charge is 0.207 e. The van der Waals surface area contributed by atoms with Crippen LogP contribution < -0.4 is 10.9 Å². The molecule has 0 radical (unpaired) electrons. The highest BCUT2D eigenvalue weighted by molar-refractivity contribution is 6.88. The van der Waals surface area contributed by atoms with Crippen LogP contribution >= 0.6 is 0 Å². The van der Waals surface area contributed by atoms with Crippen LogP contribution in [0.1, 0.15) is 22.3 Å². The maximum atomic E-state index is 13.8. The molecule has 0 fully saturated rings.